The Labute approximate surface area is 118 Å². The molecule has 0 aliphatic carbocycles. The number of nitrogens with zero attached hydrogens (tertiary/aromatic N) is 1. The van der Waals surface area contributed by atoms with E-state index in [4.69, 9.17) is 5.11 Å². The molecule has 1 aliphatic heterocycles. The lowest BCUT2D eigenvalue weighted by molar-refractivity contribution is 0.0676. The van der Waals surface area contributed by atoms with Crippen LogP contribution in [-0.2, 0) is 9.84 Å². The zero-order valence-electron chi connectivity index (χ0n) is 10.7. The largest absolute Gasteiger partial charge is 0.478 e. The highest BCUT2D eigenvalue weighted by atomic mass is 32.2. The molecule has 1 aliphatic rings. The minimum Gasteiger partial charge on any atom is -0.478 e. The number of hydrogen-bond donors (Lipinski definition) is 1. The van der Waals surface area contributed by atoms with E-state index in [9.17, 15) is 26.8 Å². The first kappa shape index (κ1) is 15.4. The minimum absolute atomic E-state index is 0.112. The van der Waals surface area contributed by atoms with Gasteiger partial charge >= 0.3 is 5.97 Å². The first-order valence-electron chi connectivity index (χ1n) is 5.93. The summed E-state index contributed by atoms with van der Waals surface area (Å²) in [6.45, 7) is -0.224. The summed E-state index contributed by atoms with van der Waals surface area (Å²) in [6, 6.07) is 0.954. The lowest BCUT2D eigenvalue weighted by atomic mass is 10.1. The number of rotatable bonds is 2. The van der Waals surface area contributed by atoms with Gasteiger partial charge in [0.2, 0.25) is 0 Å². The van der Waals surface area contributed by atoms with Crippen LogP contribution in [0.15, 0.2) is 12.1 Å². The van der Waals surface area contributed by atoms with Crippen molar-refractivity contribution in [2.75, 3.05) is 24.6 Å². The van der Waals surface area contributed by atoms with E-state index in [0.717, 1.165) is 4.90 Å². The average molecular weight is 319 g/mol. The third-order valence-electron chi connectivity index (χ3n) is 3.15. The van der Waals surface area contributed by atoms with Gasteiger partial charge in [-0.2, -0.15) is 0 Å². The van der Waals surface area contributed by atoms with Crippen molar-refractivity contribution in [1.82, 2.24) is 4.90 Å². The van der Waals surface area contributed by atoms with Gasteiger partial charge in [0.15, 0.2) is 21.5 Å². The van der Waals surface area contributed by atoms with Crippen molar-refractivity contribution in [3.8, 4) is 0 Å². The summed E-state index contributed by atoms with van der Waals surface area (Å²) in [6.07, 6.45) is 0. The zero-order chi connectivity index (χ0) is 15.8. The smallest absolute Gasteiger partial charge is 0.336 e. The lowest BCUT2D eigenvalue weighted by Crippen LogP contribution is -2.44. The number of carbonyl (C=O) groups is 2. The molecule has 1 aromatic carbocycles. The molecule has 0 atom stereocenters. The van der Waals surface area contributed by atoms with Gasteiger partial charge in [0.1, 0.15) is 0 Å². The van der Waals surface area contributed by atoms with E-state index in [2.05, 4.69) is 0 Å². The molecular weight excluding hydrogens is 308 g/mol. The molecule has 1 N–H and O–H groups in total. The van der Waals surface area contributed by atoms with Crippen molar-refractivity contribution >= 4 is 21.7 Å². The van der Waals surface area contributed by atoms with E-state index in [1.165, 1.54) is 0 Å². The van der Waals surface area contributed by atoms with Gasteiger partial charge < -0.3 is 10.0 Å². The van der Waals surface area contributed by atoms with Crippen molar-refractivity contribution in [3.63, 3.8) is 0 Å². The topological polar surface area (TPSA) is 91.8 Å². The Morgan fingerprint density at radius 3 is 2.00 bits per heavy atom. The summed E-state index contributed by atoms with van der Waals surface area (Å²) in [5.74, 6) is -5.60. The van der Waals surface area contributed by atoms with Gasteiger partial charge in [-0.3, -0.25) is 4.79 Å². The fourth-order valence-electron chi connectivity index (χ4n) is 1.99. The van der Waals surface area contributed by atoms with Crippen molar-refractivity contribution in [2.45, 2.75) is 0 Å². The second kappa shape index (κ2) is 5.40. The van der Waals surface area contributed by atoms with E-state index in [0.29, 0.717) is 12.1 Å². The second-order valence-corrected chi connectivity index (χ2v) is 6.86. The molecule has 0 radical (unpaired) electrons. The third kappa shape index (κ3) is 3.18. The molecule has 0 bridgehead atoms. The maximum absolute atomic E-state index is 13.2. The summed E-state index contributed by atoms with van der Waals surface area (Å²) in [4.78, 5) is 24.3. The summed E-state index contributed by atoms with van der Waals surface area (Å²) < 4.78 is 48.9. The van der Waals surface area contributed by atoms with Crippen molar-refractivity contribution in [3.05, 3.63) is 34.9 Å². The Balaban J connectivity index is 2.35. The Kier molecular flexibility index (Phi) is 3.95. The predicted octanol–water partition coefficient (Wildman–Crippen LogP) is 0.534. The molecule has 0 unspecified atom stereocenters. The number of sulfone groups is 1. The Bertz CT molecular complexity index is 703. The van der Waals surface area contributed by atoms with Crippen LogP contribution in [0.1, 0.15) is 20.7 Å². The first-order chi connectivity index (χ1) is 9.71. The van der Waals surface area contributed by atoms with Crippen molar-refractivity contribution < 1.29 is 31.9 Å². The molecule has 0 spiro atoms. The fourth-order valence-corrected chi connectivity index (χ4v) is 3.19. The average Bonchev–Trinajstić information content (AvgIpc) is 2.40. The van der Waals surface area contributed by atoms with Crippen LogP contribution in [0.2, 0.25) is 0 Å². The van der Waals surface area contributed by atoms with E-state index in [1.54, 1.807) is 0 Å². The molecule has 114 valence electrons. The minimum atomic E-state index is -3.22. The molecule has 1 amide bonds. The van der Waals surface area contributed by atoms with Crippen LogP contribution < -0.4 is 0 Å². The van der Waals surface area contributed by atoms with Gasteiger partial charge in [0.05, 0.1) is 22.6 Å². The van der Waals surface area contributed by atoms with Gasteiger partial charge in [-0.1, -0.05) is 0 Å². The molecule has 6 nitrogen and oxygen atoms in total. The normalized spacial score (nSPS) is 17.5. The maximum atomic E-state index is 13.2. The summed E-state index contributed by atoms with van der Waals surface area (Å²) in [5, 5.41) is 8.96. The maximum Gasteiger partial charge on any atom is 0.336 e. The quantitative estimate of drug-likeness (QED) is 0.859. The van der Waals surface area contributed by atoms with Gasteiger partial charge in [-0.15, -0.1) is 0 Å². The number of carboxylic acid groups (broad SMARTS) is 1. The second-order valence-electron chi connectivity index (χ2n) is 4.56. The van der Waals surface area contributed by atoms with E-state index in [-0.39, 0.29) is 24.6 Å². The number of benzene rings is 1. The Morgan fingerprint density at radius 1 is 1.05 bits per heavy atom. The molecule has 0 aromatic heterocycles. The molecule has 21 heavy (non-hydrogen) atoms. The monoisotopic (exact) mass is 319 g/mol. The van der Waals surface area contributed by atoms with Crippen LogP contribution in [0.25, 0.3) is 0 Å². The predicted molar refractivity (Wildman–Crippen MR) is 67.9 cm³/mol. The van der Waals surface area contributed by atoms with Crippen LogP contribution in [0.5, 0.6) is 0 Å². The molecular formula is C12H11F2NO5S. The number of amides is 1. The summed E-state index contributed by atoms with van der Waals surface area (Å²) >= 11 is 0. The van der Waals surface area contributed by atoms with E-state index in [1.807, 2.05) is 0 Å². The Hall–Kier alpha value is -2.03. The molecule has 1 saturated heterocycles. The van der Waals surface area contributed by atoms with E-state index < -0.39 is 44.5 Å². The van der Waals surface area contributed by atoms with Gasteiger partial charge in [-0.05, 0) is 12.1 Å². The van der Waals surface area contributed by atoms with Gasteiger partial charge in [0.25, 0.3) is 5.91 Å². The van der Waals surface area contributed by atoms with Crippen LogP contribution >= 0.6 is 0 Å². The molecule has 2 rings (SSSR count). The SMILES string of the molecule is O=C(O)c1cc(F)c(F)cc1C(=O)N1CCS(=O)(=O)CC1. The van der Waals surface area contributed by atoms with Crippen molar-refractivity contribution in [2.24, 2.45) is 0 Å². The highest BCUT2D eigenvalue weighted by Crippen LogP contribution is 2.18. The summed E-state index contributed by atoms with van der Waals surface area (Å²) in [7, 11) is -3.22. The molecule has 9 heteroatoms. The molecule has 1 heterocycles. The number of aromatic carboxylic acids is 1. The van der Waals surface area contributed by atoms with E-state index >= 15 is 0 Å². The van der Waals surface area contributed by atoms with Crippen LogP contribution in [0, 0.1) is 11.6 Å². The highest BCUT2D eigenvalue weighted by Gasteiger charge is 2.29. The summed E-state index contributed by atoms with van der Waals surface area (Å²) in [5.41, 5.74) is -1.16. The number of halogens is 2. The third-order valence-corrected chi connectivity index (χ3v) is 4.76. The number of hydrogen-bond acceptors (Lipinski definition) is 4. The number of carboxylic acids is 1. The van der Waals surface area contributed by atoms with Gasteiger partial charge in [-0.25, -0.2) is 22.0 Å². The molecule has 1 fully saturated rings. The lowest BCUT2D eigenvalue weighted by Gasteiger charge is -2.27. The fraction of sp³-hybridized carbons (Fsp3) is 0.333. The van der Waals surface area contributed by atoms with Crippen LogP contribution in [-0.4, -0.2) is 54.9 Å². The van der Waals surface area contributed by atoms with Crippen molar-refractivity contribution in [1.29, 1.82) is 0 Å². The van der Waals surface area contributed by atoms with Crippen LogP contribution in [0.4, 0.5) is 8.78 Å². The Morgan fingerprint density at radius 2 is 1.52 bits per heavy atom. The van der Waals surface area contributed by atoms with Gasteiger partial charge in [0, 0.05) is 13.1 Å². The molecule has 0 saturated carbocycles. The standard InChI is InChI=1S/C12H11F2NO5S/c13-9-5-7(8(12(17)18)6-10(9)14)11(16)15-1-3-21(19,20)4-2-15/h5-6H,1-4H2,(H,17,18). The molecule has 1 aromatic rings. The number of carbonyl (C=O) groups excluding carboxylic acids is 1. The first-order valence-corrected chi connectivity index (χ1v) is 7.75. The zero-order valence-corrected chi connectivity index (χ0v) is 11.5. The van der Waals surface area contributed by atoms with Crippen LogP contribution in [0.3, 0.4) is 0 Å². The highest BCUT2D eigenvalue weighted by molar-refractivity contribution is 7.91.